The maximum absolute atomic E-state index is 12.0. The van der Waals surface area contributed by atoms with Crippen molar-refractivity contribution in [3.05, 3.63) is 34.2 Å². The molecule has 0 N–H and O–H groups in total. The van der Waals surface area contributed by atoms with Crippen molar-refractivity contribution in [2.24, 2.45) is 7.05 Å². The van der Waals surface area contributed by atoms with Crippen LogP contribution in [0.5, 0.6) is 0 Å². The van der Waals surface area contributed by atoms with Gasteiger partial charge in [0.05, 0.1) is 13.2 Å². The van der Waals surface area contributed by atoms with Gasteiger partial charge < -0.3 is 14.2 Å². The Hall–Kier alpha value is -1.62. The van der Waals surface area contributed by atoms with Gasteiger partial charge in [-0.05, 0) is 12.1 Å². The molecule has 0 radical (unpaired) electrons. The average Bonchev–Trinajstić information content (AvgIpc) is 2.33. The van der Waals surface area contributed by atoms with Crippen molar-refractivity contribution >= 4 is 5.91 Å². The Bertz CT molecular complexity index is 447. The number of carbonyl (C=O) groups excluding carboxylic acids is 1. The van der Waals surface area contributed by atoms with Crippen molar-refractivity contribution in [1.82, 2.24) is 9.47 Å². The summed E-state index contributed by atoms with van der Waals surface area (Å²) in [5.74, 6) is -0.204. The van der Waals surface area contributed by atoms with E-state index in [4.69, 9.17) is 4.74 Å². The topological polar surface area (TPSA) is 51.5 Å². The molecule has 0 bridgehead atoms. The van der Waals surface area contributed by atoms with Crippen molar-refractivity contribution in [3.63, 3.8) is 0 Å². The van der Waals surface area contributed by atoms with E-state index < -0.39 is 0 Å². The number of amides is 1. The van der Waals surface area contributed by atoms with Crippen LogP contribution >= 0.6 is 0 Å². The molecule has 0 aromatic carbocycles. The van der Waals surface area contributed by atoms with E-state index in [1.807, 2.05) is 0 Å². The molecular formula is C11H14N2O3. The lowest BCUT2D eigenvalue weighted by atomic mass is 10.2. The van der Waals surface area contributed by atoms with Gasteiger partial charge in [-0.3, -0.25) is 9.59 Å². The second-order valence-corrected chi connectivity index (χ2v) is 3.74. The molecule has 0 unspecified atom stereocenters. The van der Waals surface area contributed by atoms with Gasteiger partial charge in [-0.1, -0.05) is 0 Å². The number of carbonyl (C=O) groups is 1. The molecule has 2 heterocycles. The first-order chi connectivity index (χ1) is 7.70. The standard InChI is InChI=1S/C11H14N2O3/c1-12-4-2-3-9(10(12)14)11(15)13-5-7-16-8-6-13/h2-4H,5-8H2,1H3. The maximum atomic E-state index is 12.0. The van der Waals surface area contributed by atoms with Gasteiger partial charge in [0.2, 0.25) is 0 Å². The van der Waals surface area contributed by atoms with Crippen LogP contribution < -0.4 is 5.56 Å². The largest absolute Gasteiger partial charge is 0.378 e. The number of nitrogens with zero attached hydrogens (tertiary/aromatic N) is 2. The molecule has 0 saturated carbocycles. The van der Waals surface area contributed by atoms with E-state index in [1.165, 1.54) is 4.57 Å². The Balaban J connectivity index is 2.26. The van der Waals surface area contributed by atoms with Gasteiger partial charge in [0.1, 0.15) is 5.56 Å². The Labute approximate surface area is 93.2 Å². The third-order valence-electron chi connectivity index (χ3n) is 2.65. The van der Waals surface area contributed by atoms with Crippen LogP contribution in [0.2, 0.25) is 0 Å². The normalized spacial score (nSPS) is 16.2. The summed E-state index contributed by atoms with van der Waals surface area (Å²) in [6, 6.07) is 3.27. The van der Waals surface area contributed by atoms with Crippen molar-refractivity contribution in [1.29, 1.82) is 0 Å². The molecule has 1 fully saturated rings. The van der Waals surface area contributed by atoms with E-state index >= 15 is 0 Å². The smallest absolute Gasteiger partial charge is 0.263 e. The summed E-state index contributed by atoms with van der Waals surface area (Å²) >= 11 is 0. The molecule has 1 aliphatic heterocycles. The summed E-state index contributed by atoms with van der Waals surface area (Å²) in [6.45, 7) is 2.19. The molecule has 16 heavy (non-hydrogen) atoms. The van der Waals surface area contributed by atoms with E-state index in [0.29, 0.717) is 26.3 Å². The lowest BCUT2D eigenvalue weighted by Crippen LogP contribution is -2.43. The zero-order valence-corrected chi connectivity index (χ0v) is 9.18. The molecule has 0 spiro atoms. The number of rotatable bonds is 1. The van der Waals surface area contributed by atoms with Crippen LogP contribution in [0.25, 0.3) is 0 Å². The van der Waals surface area contributed by atoms with Crippen LogP contribution in [0.3, 0.4) is 0 Å². The van der Waals surface area contributed by atoms with Crippen LogP contribution in [0.15, 0.2) is 23.1 Å². The van der Waals surface area contributed by atoms with Crippen molar-refractivity contribution in [3.8, 4) is 0 Å². The van der Waals surface area contributed by atoms with E-state index in [0.717, 1.165) is 0 Å². The lowest BCUT2D eigenvalue weighted by Gasteiger charge is -2.26. The first kappa shape index (κ1) is 10.9. The second kappa shape index (κ2) is 4.49. The molecule has 0 atom stereocenters. The number of aromatic nitrogens is 1. The minimum absolute atomic E-state index is 0.204. The van der Waals surface area contributed by atoms with Gasteiger partial charge in [-0.25, -0.2) is 0 Å². The van der Waals surface area contributed by atoms with Crippen molar-refractivity contribution in [2.75, 3.05) is 26.3 Å². The molecule has 5 heteroatoms. The molecule has 86 valence electrons. The zero-order valence-electron chi connectivity index (χ0n) is 9.18. The van der Waals surface area contributed by atoms with Crippen LogP contribution in [0.1, 0.15) is 10.4 Å². The van der Waals surface area contributed by atoms with Crippen molar-refractivity contribution < 1.29 is 9.53 Å². The molecule has 5 nitrogen and oxygen atoms in total. The third-order valence-corrected chi connectivity index (χ3v) is 2.65. The minimum atomic E-state index is -0.251. The monoisotopic (exact) mass is 222 g/mol. The third kappa shape index (κ3) is 1.99. The highest BCUT2D eigenvalue weighted by Gasteiger charge is 2.20. The highest BCUT2D eigenvalue weighted by atomic mass is 16.5. The van der Waals surface area contributed by atoms with Gasteiger partial charge in [-0.15, -0.1) is 0 Å². The molecule has 1 aliphatic rings. The Morgan fingerprint density at radius 1 is 1.38 bits per heavy atom. The highest BCUT2D eigenvalue weighted by Crippen LogP contribution is 2.03. The maximum Gasteiger partial charge on any atom is 0.263 e. The molecule has 2 rings (SSSR count). The number of aryl methyl sites for hydroxylation is 1. The molecule has 0 aliphatic carbocycles. The zero-order chi connectivity index (χ0) is 11.5. The number of hydrogen-bond acceptors (Lipinski definition) is 3. The Morgan fingerprint density at radius 2 is 2.06 bits per heavy atom. The summed E-state index contributed by atoms with van der Waals surface area (Å²) in [5, 5.41) is 0. The number of ether oxygens (including phenoxy) is 1. The minimum Gasteiger partial charge on any atom is -0.378 e. The number of hydrogen-bond donors (Lipinski definition) is 0. The molecular weight excluding hydrogens is 208 g/mol. The predicted octanol–water partition coefficient (Wildman–Crippen LogP) is -0.142. The highest BCUT2D eigenvalue weighted by molar-refractivity contribution is 5.93. The first-order valence-electron chi connectivity index (χ1n) is 5.23. The van der Waals surface area contributed by atoms with Gasteiger partial charge in [-0.2, -0.15) is 0 Å². The molecule has 1 amide bonds. The molecule has 1 aromatic rings. The second-order valence-electron chi connectivity index (χ2n) is 3.74. The van der Waals surface area contributed by atoms with E-state index in [1.54, 1.807) is 30.3 Å². The number of pyridine rings is 1. The van der Waals surface area contributed by atoms with Gasteiger partial charge in [0.15, 0.2) is 0 Å². The number of morpholine rings is 1. The molecule has 1 saturated heterocycles. The summed E-state index contributed by atoms with van der Waals surface area (Å²) in [7, 11) is 1.64. The Morgan fingerprint density at radius 3 is 2.75 bits per heavy atom. The lowest BCUT2D eigenvalue weighted by molar-refractivity contribution is 0.0301. The van der Waals surface area contributed by atoms with Crippen LogP contribution in [-0.4, -0.2) is 41.7 Å². The van der Waals surface area contributed by atoms with Crippen LogP contribution in [0, 0.1) is 0 Å². The van der Waals surface area contributed by atoms with Gasteiger partial charge in [0, 0.05) is 26.3 Å². The summed E-state index contributed by atoms with van der Waals surface area (Å²) in [5.41, 5.74) is -0.0223. The fourth-order valence-electron chi connectivity index (χ4n) is 1.70. The van der Waals surface area contributed by atoms with Crippen molar-refractivity contribution in [2.45, 2.75) is 0 Å². The summed E-state index contributed by atoms with van der Waals surface area (Å²) < 4.78 is 6.57. The quantitative estimate of drug-likeness (QED) is 0.664. The predicted molar refractivity (Wildman–Crippen MR) is 58.4 cm³/mol. The van der Waals surface area contributed by atoms with Gasteiger partial charge >= 0.3 is 0 Å². The van der Waals surface area contributed by atoms with Gasteiger partial charge in [0.25, 0.3) is 11.5 Å². The Kier molecular flexibility index (Phi) is 3.05. The van der Waals surface area contributed by atoms with E-state index in [-0.39, 0.29) is 17.0 Å². The average molecular weight is 222 g/mol. The fourth-order valence-corrected chi connectivity index (χ4v) is 1.70. The van der Waals surface area contributed by atoms with Crippen LogP contribution in [0.4, 0.5) is 0 Å². The fraction of sp³-hybridized carbons (Fsp3) is 0.455. The van der Waals surface area contributed by atoms with E-state index in [9.17, 15) is 9.59 Å². The SMILES string of the molecule is Cn1cccc(C(=O)N2CCOCC2)c1=O. The van der Waals surface area contributed by atoms with Crippen LogP contribution in [-0.2, 0) is 11.8 Å². The van der Waals surface area contributed by atoms with E-state index in [2.05, 4.69) is 0 Å². The summed E-state index contributed by atoms with van der Waals surface area (Å²) in [4.78, 5) is 25.4. The first-order valence-corrected chi connectivity index (χ1v) is 5.23. The molecule has 1 aromatic heterocycles. The summed E-state index contributed by atoms with van der Waals surface area (Å²) in [6.07, 6.45) is 1.64.